The van der Waals surface area contributed by atoms with Gasteiger partial charge in [0, 0.05) is 24.5 Å². The molecule has 3 atom stereocenters. The zero-order valence-corrected chi connectivity index (χ0v) is 12.9. The van der Waals surface area contributed by atoms with E-state index < -0.39 is 6.04 Å². The predicted octanol–water partition coefficient (Wildman–Crippen LogP) is 0.973. The Bertz CT molecular complexity index is 422. The van der Waals surface area contributed by atoms with Crippen LogP contribution in [0.1, 0.15) is 24.8 Å². The van der Waals surface area contributed by atoms with E-state index >= 15 is 0 Å². The Balaban J connectivity index is 2.03. The highest BCUT2D eigenvalue weighted by molar-refractivity contribution is 7.10. The minimum absolute atomic E-state index is 0.104. The van der Waals surface area contributed by atoms with Crippen molar-refractivity contribution in [1.82, 2.24) is 10.2 Å². The summed E-state index contributed by atoms with van der Waals surface area (Å²) < 4.78 is 5.59. The molecule has 0 aliphatic carbocycles. The Morgan fingerprint density at radius 1 is 1.70 bits per heavy atom. The van der Waals surface area contributed by atoms with Crippen molar-refractivity contribution in [2.24, 2.45) is 5.73 Å². The topological polar surface area (TPSA) is 67.6 Å². The van der Waals surface area contributed by atoms with Gasteiger partial charge in [-0.2, -0.15) is 0 Å². The molecule has 2 heterocycles. The monoisotopic (exact) mass is 297 g/mol. The molecule has 20 heavy (non-hydrogen) atoms. The van der Waals surface area contributed by atoms with Crippen LogP contribution in [-0.2, 0) is 9.53 Å². The van der Waals surface area contributed by atoms with Gasteiger partial charge in [-0.15, -0.1) is 11.3 Å². The van der Waals surface area contributed by atoms with Crippen LogP contribution in [0.4, 0.5) is 0 Å². The summed E-state index contributed by atoms with van der Waals surface area (Å²) in [4.78, 5) is 15.3. The molecular weight excluding hydrogens is 274 g/mol. The van der Waals surface area contributed by atoms with Gasteiger partial charge in [-0.3, -0.25) is 9.69 Å². The second-order valence-corrected chi connectivity index (χ2v) is 6.22. The van der Waals surface area contributed by atoms with Crippen molar-refractivity contribution in [1.29, 1.82) is 0 Å². The van der Waals surface area contributed by atoms with Crippen LogP contribution in [0.15, 0.2) is 17.5 Å². The molecule has 3 unspecified atom stereocenters. The number of carbonyl (C=O) groups excluding carboxylic acids is 1. The largest absolute Gasteiger partial charge is 0.376 e. The summed E-state index contributed by atoms with van der Waals surface area (Å²) in [6.07, 6.45) is 0.232. The lowest BCUT2D eigenvalue weighted by atomic mass is 10.1. The third kappa shape index (κ3) is 4.02. The normalized spacial score (nSPS) is 23.2. The molecule has 5 nitrogen and oxygen atoms in total. The van der Waals surface area contributed by atoms with Crippen molar-refractivity contribution in [3.8, 4) is 0 Å². The van der Waals surface area contributed by atoms with Gasteiger partial charge in [0.1, 0.15) is 0 Å². The molecule has 3 N–H and O–H groups in total. The first kappa shape index (κ1) is 15.4. The Morgan fingerprint density at radius 3 is 3.10 bits per heavy atom. The number of hydrogen-bond donors (Lipinski definition) is 2. The first-order valence-electron chi connectivity index (χ1n) is 7.00. The van der Waals surface area contributed by atoms with Gasteiger partial charge in [0.15, 0.2) is 0 Å². The summed E-state index contributed by atoms with van der Waals surface area (Å²) in [7, 11) is 0. The molecule has 1 aromatic rings. The van der Waals surface area contributed by atoms with Gasteiger partial charge in [0.2, 0.25) is 5.91 Å². The van der Waals surface area contributed by atoms with Crippen LogP contribution in [-0.4, -0.2) is 49.2 Å². The molecule has 1 aliphatic heterocycles. The molecule has 1 saturated heterocycles. The average Bonchev–Trinajstić information content (AvgIpc) is 2.92. The molecule has 0 radical (unpaired) electrons. The van der Waals surface area contributed by atoms with Gasteiger partial charge in [0.05, 0.1) is 24.8 Å². The van der Waals surface area contributed by atoms with Gasteiger partial charge in [-0.25, -0.2) is 0 Å². The summed E-state index contributed by atoms with van der Waals surface area (Å²) in [5, 5.41) is 5.01. The third-order valence-electron chi connectivity index (χ3n) is 3.47. The van der Waals surface area contributed by atoms with Crippen molar-refractivity contribution >= 4 is 17.2 Å². The Hall–Kier alpha value is -0.950. The molecule has 1 aliphatic rings. The number of amides is 1. The van der Waals surface area contributed by atoms with Gasteiger partial charge >= 0.3 is 0 Å². The first-order chi connectivity index (χ1) is 9.58. The van der Waals surface area contributed by atoms with E-state index in [0.29, 0.717) is 6.54 Å². The highest BCUT2D eigenvalue weighted by atomic mass is 32.1. The van der Waals surface area contributed by atoms with E-state index in [0.717, 1.165) is 19.7 Å². The Morgan fingerprint density at radius 2 is 2.50 bits per heavy atom. The zero-order valence-electron chi connectivity index (χ0n) is 12.0. The Labute approximate surface area is 124 Å². The van der Waals surface area contributed by atoms with Crippen molar-refractivity contribution < 1.29 is 9.53 Å². The van der Waals surface area contributed by atoms with E-state index in [1.807, 2.05) is 6.07 Å². The molecule has 0 bridgehead atoms. The summed E-state index contributed by atoms with van der Waals surface area (Å²) in [5.74, 6) is -0.104. The third-order valence-corrected chi connectivity index (χ3v) is 4.44. The summed E-state index contributed by atoms with van der Waals surface area (Å²) in [6.45, 7) is 6.89. The number of thiophene rings is 1. The van der Waals surface area contributed by atoms with Crippen molar-refractivity contribution in [3.63, 3.8) is 0 Å². The van der Waals surface area contributed by atoms with Gasteiger partial charge < -0.3 is 15.8 Å². The van der Waals surface area contributed by atoms with Crippen LogP contribution < -0.4 is 11.1 Å². The van der Waals surface area contributed by atoms with Gasteiger partial charge in [-0.05, 0) is 25.3 Å². The molecule has 0 saturated carbocycles. The van der Waals surface area contributed by atoms with Crippen molar-refractivity contribution in [2.75, 3.05) is 26.2 Å². The highest BCUT2D eigenvalue weighted by Crippen LogP contribution is 2.26. The summed E-state index contributed by atoms with van der Waals surface area (Å²) in [5.41, 5.74) is 5.60. The molecule has 1 fully saturated rings. The van der Waals surface area contributed by atoms with Crippen LogP contribution in [0, 0.1) is 0 Å². The molecule has 1 amide bonds. The summed E-state index contributed by atoms with van der Waals surface area (Å²) in [6, 6.07) is 3.89. The lowest BCUT2D eigenvalue weighted by Crippen LogP contribution is -2.48. The van der Waals surface area contributed by atoms with E-state index in [2.05, 4.69) is 28.6 Å². The standard InChI is InChI=1S/C14H23N3O2S/c1-10-9-17(5-6-19-10)12(13-4-3-7-20-13)8-16-14(18)11(2)15/h3-4,7,10-12H,5-6,8-9,15H2,1-2H3,(H,16,18). The maximum Gasteiger partial charge on any atom is 0.236 e. The number of nitrogens with one attached hydrogen (secondary N) is 1. The molecule has 2 rings (SSSR count). The number of nitrogens with two attached hydrogens (primary N) is 1. The fourth-order valence-electron chi connectivity index (χ4n) is 2.38. The molecular formula is C14H23N3O2S. The van der Waals surface area contributed by atoms with Crippen LogP contribution in [0.3, 0.4) is 0 Å². The van der Waals surface area contributed by atoms with E-state index in [4.69, 9.17) is 10.5 Å². The van der Waals surface area contributed by atoms with Gasteiger partial charge in [-0.1, -0.05) is 6.07 Å². The minimum atomic E-state index is -0.470. The molecule has 0 spiro atoms. The fourth-order valence-corrected chi connectivity index (χ4v) is 3.24. The minimum Gasteiger partial charge on any atom is -0.376 e. The number of hydrogen-bond acceptors (Lipinski definition) is 5. The first-order valence-corrected chi connectivity index (χ1v) is 7.88. The second-order valence-electron chi connectivity index (χ2n) is 5.24. The number of nitrogens with zero attached hydrogens (tertiary/aromatic N) is 1. The lowest BCUT2D eigenvalue weighted by Gasteiger charge is -2.37. The average molecular weight is 297 g/mol. The smallest absolute Gasteiger partial charge is 0.236 e. The number of rotatable bonds is 5. The Kier molecular flexibility index (Phi) is 5.54. The van der Waals surface area contributed by atoms with Crippen LogP contribution >= 0.6 is 11.3 Å². The van der Waals surface area contributed by atoms with E-state index in [-0.39, 0.29) is 18.1 Å². The maximum absolute atomic E-state index is 11.7. The van der Waals surface area contributed by atoms with Crippen molar-refractivity contribution in [2.45, 2.75) is 32.0 Å². The fraction of sp³-hybridized carbons (Fsp3) is 0.643. The van der Waals surface area contributed by atoms with Crippen molar-refractivity contribution in [3.05, 3.63) is 22.4 Å². The molecule has 112 valence electrons. The van der Waals surface area contributed by atoms with Crippen LogP contribution in [0.5, 0.6) is 0 Å². The zero-order chi connectivity index (χ0) is 14.5. The second kappa shape index (κ2) is 7.17. The highest BCUT2D eigenvalue weighted by Gasteiger charge is 2.26. The van der Waals surface area contributed by atoms with E-state index in [1.54, 1.807) is 18.3 Å². The number of ether oxygens (including phenoxy) is 1. The maximum atomic E-state index is 11.7. The predicted molar refractivity (Wildman–Crippen MR) is 80.7 cm³/mol. The number of morpholine rings is 1. The molecule has 0 aromatic carbocycles. The molecule has 1 aromatic heterocycles. The van der Waals surface area contributed by atoms with Crippen LogP contribution in [0.25, 0.3) is 0 Å². The summed E-state index contributed by atoms with van der Waals surface area (Å²) >= 11 is 1.72. The SMILES string of the molecule is CC1CN(C(CNC(=O)C(C)N)c2cccs2)CCO1. The molecule has 6 heteroatoms. The lowest BCUT2D eigenvalue weighted by molar-refractivity contribution is -0.122. The number of carbonyl (C=O) groups is 1. The van der Waals surface area contributed by atoms with E-state index in [9.17, 15) is 4.79 Å². The van der Waals surface area contributed by atoms with Crippen LogP contribution in [0.2, 0.25) is 0 Å². The van der Waals surface area contributed by atoms with Gasteiger partial charge in [0.25, 0.3) is 0 Å². The van der Waals surface area contributed by atoms with E-state index in [1.165, 1.54) is 4.88 Å². The quantitative estimate of drug-likeness (QED) is 0.850.